The van der Waals surface area contributed by atoms with Crippen LogP contribution in [0.15, 0.2) is 47.3 Å². The molecule has 2 aromatic heterocycles. The lowest BCUT2D eigenvalue weighted by Gasteiger charge is -2.42. The van der Waals surface area contributed by atoms with E-state index in [0.717, 1.165) is 23.6 Å². The third-order valence-corrected chi connectivity index (χ3v) is 6.68. The number of benzene rings is 1. The van der Waals surface area contributed by atoms with Crippen molar-refractivity contribution in [2.24, 2.45) is 5.92 Å². The number of amides is 3. The van der Waals surface area contributed by atoms with E-state index in [-0.39, 0.29) is 34.0 Å². The minimum atomic E-state index is -0.525. The summed E-state index contributed by atoms with van der Waals surface area (Å²) in [6.07, 6.45) is 0.939. The number of rotatable bonds is 4. The van der Waals surface area contributed by atoms with Gasteiger partial charge in [0.2, 0.25) is 0 Å². The molecule has 4 heterocycles. The molecule has 3 aromatic rings. The van der Waals surface area contributed by atoms with Crippen molar-refractivity contribution in [1.82, 2.24) is 19.1 Å². The van der Waals surface area contributed by atoms with Crippen LogP contribution in [0.25, 0.3) is 0 Å². The molecule has 2 bridgehead atoms. The first-order chi connectivity index (χ1) is 16.0. The molecule has 0 radical (unpaired) electrons. The maximum absolute atomic E-state index is 13.3. The van der Waals surface area contributed by atoms with Gasteiger partial charge in [0, 0.05) is 48.8 Å². The number of carbonyl (C=O) groups excluding carboxylic acids is 2. The molecule has 5 rings (SSSR count). The number of fused-ring (bicyclic) bond motifs is 4. The third kappa shape index (κ3) is 4.07. The summed E-state index contributed by atoms with van der Waals surface area (Å²) >= 11 is 0.945. The molecule has 0 aliphatic carbocycles. The minimum Gasteiger partial charge on any atom is -0.495 e. The first-order valence-electron chi connectivity index (χ1n) is 10.6. The molecule has 2 atom stereocenters. The van der Waals surface area contributed by atoms with Gasteiger partial charge in [-0.2, -0.15) is 0 Å². The number of piperidine rings is 1. The van der Waals surface area contributed by atoms with Crippen LogP contribution in [0.1, 0.15) is 28.5 Å². The first kappa shape index (κ1) is 21.1. The molecule has 1 aromatic carbocycles. The monoisotopic (exact) mass is 466 g/mol. The molecule has 0 saturated carbocycles. The molecule has 3 amide bonds. The molecule has 2 aliphatic rings. The number of anilines is 2. The molecule has 1 fully saturated rings. The fourth-order valence-electron chi connectivity index (χ4n) is 4.63. The normalized spacial score (nSPS) is 18.9. The molecule has 33 heavy (non-hydrogen) atoms. The van der Waals surface area contributed by atoms with Crippen LogP contribution in [0.2, 0.25) is 0 Å². The lowest BCUT2D eigenvalue weighted by molar-refractivity contribution is 0.0590. The van der Waals surface area contributed by atoms with Crippen LogP contribution in [-0.2, 0) is 6.54 Å². The summed E-state index contributed by atoms with van der Waals surface area (Å²) < 4.78 is 10.9. The van der Waals surface area contributed by atoms with Crippen molar-refractivity contribution >= 4 is 34.2 Å². The van der Waals surface area contributed by atoms with Crippen LogP contribution in [0, 0.1) is 5.92 Å². The summed E-state index contributed by atoms with van der Waals surface area (Å²) in [5, 5.41) is 9.66. The number of urea groups is 1. The van der Waals surface area contributed by atoms with Crippen LogP contribution in [0.5, 0.6) is 5.75 Å². The number of ether oxygens (including phenoxy) is 1. The highest BCUT2D eigenvalue weighted by atomic mass is 32.1. The molecule has 2 N–H and O–H groups in total. The van der Waals surface area contributed by atoms with Gasteiger partial charge in [-0.15, -0.1) is 5.10 Å². The van der Waals surface area contributed by atoms with E-state index in [1.807, 2.05) is 10.6 Å². The number of hydrogen-bond acceptors (Lipinski definition) is 7. The van der Waals surface area contributed by atoms with E-state index in [9.17, 15) is 14.4 Å². The molecule has 11 heteroatoms. The Morgan fingerprint density at radius 2 is 1.94 bits per heavy atom. The fraction of sp³-hybridized carbons (Fsp3) is 0.318. The Bertz CT molecular complexity index is 1270. The summed E-state index contributed by atoms with van der Waals surface area (Å²) in [5.41, 5.74) is 1.57. The van der Waals surface area contributed by atoms with E-state index in [0.29, 0.717) is 31.1 Å². The van der Waals surface area contributed by atoms with Crippen molar-refractivity contribution in [2.75, 3.05) is 30.8 Å². The van der Waals surface area contributed by atoms with Gasteiger partial charge in [-0.25, -0.2) is 4.79 Å². The molecule has 0 spiro atoms. The SMILES string of the molecule is COc1ccccc1NC(=O)Nc1snnc1C(=O)N1C[C@H]2C[C@@H](C1)c1cccc(=O)n1C2. The van der Waals surface area contributed by atoms with E-state index in [2.05, 4.69) is 20.2 Å². The maximum atomic E-state index is 13.3. The van der Waals surface area contributed by atoms with Crippen molar-refractivity contribution in [3.8, 4) is 5.75 Å². The third-order valence-electron chi connectivity index (χ3n) is 6.04. The Labute approximate surface area is 193 Å². The van der Waals surface area contributed by atoms with Crippen molar-refractivity contribution in [1.29, 1.82) is 0 Å². The Balaban J connectivity index is 1.31. The lowest BCUT2D eigenvalue weighted by atomic mass is 9.83. The van der Waals surface area contributed by atoms with Crippen LogP contribution >= 0.6 is 11.5 Å². The zero-order chi connectivity index (χ0) is 22.9. The van der Waals surface area contributed by atoms with Gasteiger partial charge in [-0.1, -0.05) is 22.7 Å². The van der Waals surface area contributed by atoms with E-state index in [1.165, 1.54) is 7.11 Å². The minimum absolute atomic E-state index is 0.00165. The largest absolute Gasteiger partial charge is 0.495 e. The highest BCUT2D eigenvalue weighted by Crippen LogP contribution is 2.36. The predicted molar refractivity (Wildman–Crippen MR) is 123 cm³/mol. The van der Waals surface area contributed by atoms with Crippen LogP contribution in [0.4, 0.5) is 15.5 Å². The van der Waals surface area contributed by atoms with Crippen LogP contribution < -0.4 is 20.9 Å². The maximum Gasteiger partial charge on any atom is 0.324 e. The van der Waals surface area contributed by atoms with Gasteiger partial charge in [-0.05, 0) is 30.5 Å². The second kappa shape index (κ2) is 8.66. The van der Waals surface area contributed by atoms with E-state index in [4.69, 9.17) is 4.74 Å². The van der Waals surface area contributed by atoms with Gasteiger partial charge < -0.3 is 19.5 Å². The predicted octanol–water partition coefficient (Wildman–Crippen LogP) is 2.61. The number of nitrogens with one attached hydrogen (secondary N) is 2. The fourth-order valence-corrected chi connectivity index (χ4v) is 5.19. The zero-order valence-corrected chi connectivity index (χ0v) is 18.7. The first-order valence-corrected chi connectivity index (χ1v) is 11.3. The number of methoxy groups -OCH3 is 1. The Hall–Kier alpha value is -3.73. The Morgan fingerprint density at radius 3 is 2.79 bits per heavy atom. The van der Waals surface area contributed by atoms with Crippen molar-refractivity contribution in [3.63, 3.8) is 0 Å². The smallest absolute Gasteiger partial charge is 0.324 e. The molecule has 170 valence electrons. The van der Waals surface area contributed by atoms with Crippen LogP contribution in [-0.4, -0.2) is 51.2 Å². The summed E-state index contributed by atoms with van der Waals surface area (Å²) in [6.45, 7) is 1.61. The summed E-state index contributed by atoms with van der Waals surface area (Å²) in [7, 11) is 1.52. The Morgan fingerprint density at radius 1 is 1.09 bits per heavy atom. The average molecular weight is 467 g/mol. The number of pyridine rings is 1. The second-order valence-corrected chi connectivity index (χ2v) is 8.89. The van der Waals surface area contributed by atoms with Crippen molar-refractivity contribution in [2.45, 2.75) is 18.9 Å². The lowest BCUT2D eigenvalue weighted by Crippen LogP contribution is -2.49. The molecule has 0 unspecified atom stereocenters. The summed E-state index contributed by atoms with van der Waals surface area (Å²) in [6, 6.07) is 11.8. The highest BCUT2D eigenvalue weighted by Gasteiger charge is 2.37. The Kier molecular flexibility index (Phi) is 5.55. The quantitative estimate of drug-likeness (QED) is 0.610. The van der Waals surface area contributed by atoms with Gasteiger partial charge in [0.1, 0.15) is 5.75 Å². The van der Waals surface area contributed by atoms with Crippen molar-refractivity contribution < 1.29 is 14.3 Å². The van der Waals surface area contributed by atoms with Gasteiger partial charge >= 0.3 is 6.03 Å². The van der Waals surface area contributed by atoms with Gasteiger partial charge in [0.05, 0.1) is 12.8 Å². The van der Waals surface area contributed by atoms with Crippen LogP contribution in [0.3, 0.4) is 0 Å². The topological polar surface area (TPSA) is 118 Å². The summed E-state index contributed by atoms with van der Waals surface area (Å²) in [4.78, 5) is 39.8. The number of likely N-dealkylation sites (tertiary alicyclic amines) is 1. The number of nitrogens with zero attached hydrogens (tertiary/aromatic N) is 4. The molecular weight excluding hydrogens is 444 g/mol. The number of aromatic nitrogens is 3. The molecule has 1 saturated heterocycles. The molecular formula is C22H22N6O4S. The highest BCUT2D eigenvalue weighted by molar-refractivity contribution is 7.10. The number of hydrogen-bond donors (Lipinski definition) is 2. The van der Waals surface area contributed by atoms with E-state index < -0.39 is 6.03 Å². The van der Waals surface area contributed by atoms with Gasteiger partial charge in [-0.3, -0.25) is 14.9 Å². The average Bonchev–Trinajstić information content (AvgIpc) is 3.27. The number of carbonyl (C=O) groups is 2. The van der Waals surface area contributed by atoms with Crippen molar-refractivity contribution in [3.05, 3.63) is 64.2 Å². The second-order valence-electron chi connectivity index (χ2n) is 8.14. The zero-order valence-electron chi connectivity index (χ0n) is 17.9. The molecule has 10 nitrogen and oxygen atoms in total. The van der Waals surface area contributed by atoms with Gasteiger partial charge in [0.25, 0.3) is 11.5 Å². The summed E-state index contributed by atoms with van der Waals surface area (Å²) in [5.74, 6) is 0.521. The molecule has 2 aliphatic heterocycles. The standard InChI is InChI=1S/C22H22N6O4S/c1-32-17-7-3-2-5-15(17)23-22(31)24-20-19(25-26-33-20)21(30)27-10-13-9-14(12-27)16-6-4-8-18(29)28(16)11-13/h2-8,13-14H,9-12H2,1H3,(H2,23,24,31)/t13-,14+/m1/s1. The number of para-hydroxylation sites is 2. The van der Waals surface area contributed by atoms with E-state index >= 15 is 0 Å². The van der Waals surface area contributed by atoms with E-state index in [1.54, 1.807) is 41.3 Å². The van der Waals surface area contributed by atoms with Gasteiger partial charge in [0.15, 0.2) is 10.7 Å².